The predicted molar refractivity (Wildman–Crippen MR) is 103 cm³/mol. The second-order valence-corrected chi connectivity index (χ2v) is 9.96. The normalized spacial score (nSPS) is 18.2. The fraction of sp³-hybridized carbons (Fsp3) is 0.588. The number of nitrogens with one attached hydrogen (secondary N) is 1. The fourth-order valence-electron chi connectivity index (χ4n) is 2.74. The van der Waals surface area contributed by atoms with Crippen LogP contribution in [-0.4, -0.2) is 44.1 Å². The molecule has 1 saturated heterocycles. The first-order valence-electron chi connectivity index (χ1n) is 8.38. The van der Waals surface area contributed by atoms with Gasteiger partial charge in [-0.2, -0.15) is 0 Å². The molecule has 0 radical (unpaired) electrons. The van der Waals surface area contributed by atoms with E-state index in [4.69, 9.17) is 27.9 Å². The summed E-state index contributed by atoms with van der Waals surface area (Å²) in [6, 6.07) is 4.47. The number of amides is 1. The largest absolute Gasteiger partial charge is 0.444 e. The van der Waals surface area contributed by atoms with Crippen LogP contribution in [0.5, 0.6) is 0 Å². The third-order valence-corrected chi connectivity index (χ3v) is 5.80. The Morgan fingerprint density at radius 1 is 1.35 bits per heavy atom. The number of rotatable bonds is 5. The van der Waals surface area contributed by atoms with Crippen LogP contribution in [0.2, 0.25) is 10.0 Å². The van der Waals surface area contributed by atoms with Crippen LogP contribution in [-0.2, 0) is 20.5 Å². The predicted octanol–water partition coefficient (Wildman–Crippen LogP) is 3.81. The first kappa shape index (κ1) is 21.3. The lowest BCUT2D eigenvalue weighted by atomic mass is 10.2. The summed E-state index contributed by atoms with van der Waals surface area (Å²) >= 11 is 11.9. The highest BCUT2D eigenvalue weighted by Gasteiger charge is 2.32. The Bertz CT molecular complexity index is 763. The minimum atomic E-state index is -3.62. The van der Waals surface area contributed by atoms with Gasteiger partial charge in [0.1, 0.15) is 5.60 Å². The summed E-state index contributed by atoms with van der Waals surface area (Å²) in [7, 11) is -3.62. The van der Waals surface area contributed by atoms with Gasteiger partial charge in [-0.1, -0.05) is 23.2 Å². The Morgan fingerprint density at radius 2 is 2.04 bits per heavy atom. The van der Waals surface area contributed by atoms with E-state index >= 15 is 0 Å². The maximum Gasteiger partial charge on any atom is 0.410 e. The zero-order valence-corrected chi connectivity index (χ0v) is 17.4. The Kier molecular flexibility index (Phi) is 6.82. The van der Waals surface area contributed by atoms with E-state index < -0.39 is 21.7 Å². The third kappa shape index (κ3) is 6.30. The molecule has 6 nitrogen and oxygen atoms in total. The molecule has 26 heavy (non-hydrogen) atoms. The first-order chi connectivity index (χ1) is 12.0. The second kappa shape index (κ2) is 8.33. The molecule has 146 valence electrons. The lowest BCUT2D eigenvalue weighted by molar-refractivity contribution is 0.0229. The molecule has 0 bridgehead atoms. The van der Waals surface area contributed by atoms with Crippen molar-refractivity contribution in [2.45, 2.75) is 51.0 Å². The van der Waals surface area contributed by atoms with Gasteiger partial charge in [0.15, 0.2) is 0 Å². The number of halogens is 2. The zero-order valence-electron chi connectivity index (χ0n) is 15.1. The Balaban J connectivity index is 1.97. The minimum Gasteiger partial charge on any atom is -0.444 e. The van der Waals surface area contributed by atoms with Gasteiger partial charge in [0, 0.05) is 29.2 Å². The summed E-state index contributed by atoms with van der Waals surface area (Å²) in [6.45, 7) is 6.09. The SMILES string of the molecule is CC(C)(C)OC(=O)N1CCCC1CNS(=O)(=O)Cc1cc(Cl)ccc1Cl. The molecular formula is C17H24Cl2N2O4S. The van der Waals surface area contributed by atoms with Crippen molar-refractivity contribution in [3.05, 3.63) is 33.8 Å². The van der Waals surface area contributed by atoms with Crippen LogP contribution in [0, 0.1) is 0 Å². The van der Waals surface area contributed by atoms with E-state index in [1.165, 1.54) is 6.07 Å². The molecule has 1 heterocycles. The van der Waals surface area contributed by atoms with Crippen molar-refractivity contribution in [3.8, 4) is 0 Å². The molecular weight excluding hydrogens is 399 g/mol. The van der Waals surface area contributed by atoms with Crippen molar-refractivity contribution in [3.63, 3.8) is 0 Å². The van der Waals surface area contributed by atoms with Gasteiger partial charge in [-0.15, -0.1) is 0 Å². The number of carbonyl (C=O) groups excluding carboxylic acids is 1. The lowest BCUT2D eigenvalue weighted by Crippen LogP contribution is -2.45. The number of sulfonamides is 1. The third-order valence-electron chi connectivity index (χ3n) is 3.90. The molecule has 9 heteroatoms. The topological polar surface area (TPSA) is 75.7 Å². The van der Waals surface area contributed by atoms with Crippen LogP contribution in [0.25, 0.3) is 0 Å². The number of hydrogen-bond donors (Lipinski definition) is 1. The quantitative estimate of drug-likeness (QED) is 0.782. The smallest absolute Gasteiger partial charge is 0.410 e. The van der Waals surface area contributed by atoms with E-state index in [-0.39, 0.29) is 18.3 Å². The van der Waals surface area contributed by atoms with E-state index in [0.29, 0.717) is 22.2 Å². The molecule has 0 spiro atoms. The highest BCUT2D eigenvalue weighted by atomic mass is 35.5. The zero-order chi connectivity index (χ0) is 19.5. The summed E-state index contributed by atoms with van der Waals surface area (Å²) in [5.41, 5.74) is -0.158. The van der Waals surface area contributed by atoms with Gasteiger partial charge >= 0.3 is 6.09 Å². The molecule has 1 fully saturated rings. The van der Waals surface area contributed by atoms with Gasteiger partial charge in [-0.25, -0.2) is 17.9 Å². The van der Waals surface area contributed by atoms with E-state index in [2.05, 4.69) is 4.72 Å². The standard InChI is InChI=1S/C17H24Cl2N2O4S/c1-17(2,3)25-16(22)21-8-4-5-14(21)10-20-26(23,24)11-12-9-13(18)6-7-15(12)19/h6-7,9,14,20H,4-5,8,10-11H2,1-3H3. The summed E-state index contributed by atoms with van der Waals surface area (Å²) in [5.74, 6) is -0.272. The van der Waals surface area contributed by atoms with Crippen LogP contribution < -0.4 is 4.72 Å². The van der Waals surface area contributed by atoms with Crippen molar-refractivity contribution in [2.24, 2.45) is 0 Å². The van der Waals surface area contributed by atoms with Crippen molar-refractivity contribution in [2.75, 3.05) is 13.1 Å². The van der Waals surface area contributed by atoms with Gasteiger partial charge in [0.2, 0.25) is 10.0 Å². The molecule has 0 saturated carbocycles. The molecule has 0 aliphatic carbocycles. The number of likely N-dealkylation sites (tertiary alicyclic amines) is 1. The molecule has 1 N–H and O–H groups in total. The van der Waals surface area contributed by atoms with E-state index in [0.717, 1.165) is 12.8 Å². The molecule has 1 aromatic rings. The van der Waals surface area contributed by atoms with Crippen LogP contribution in [0.1, 0.15) is 39.2 Å². The average Bonchev–Trinajstić information content (AvgIpc) is 2.96. The van der Waals surface area contributed by atoms with Crippen molar-refractivity contribution >= 4 is 39.3 Å². The monoisotopic (exact) mass is 422 g/mol. The van der Waals surface area contributed by atoms with E-state index in [1.807, 2.05) is 0 Å². The van der Waals surface area contributed by atoms with Crippen molar-refractivity contribution in [1.29, 1.82) is 0 Å². The number of nitrogens with zero attached hydrogens (tertiary/aromatic N) is 1. The van der Waals surface area contributed by atoms with Crippen LogP contribution in [0.4, 0.5) is 4.79 Å². The second-order valence-electron chi connectivity index (χ2n) is 7.31. The number of carbonyl (C=O) groups is 1. The number of ether oxygens (including phenoxy) is 1. The van der Waals surface area contributed by atoms with Crippen LogP contribution in [0.15, 0.2) is 18.2 Å². The first-order valence-corrected chi connectivity index (χ1v) is 10.8. The van der Waals surface area contributed by atoms with Gasteiger partial charge in [0.25, 0.3) is 0 Å². The summed E-state index contributed by atoms with van der Waals surface area (Å²) in [4.78, 5) is 13.8. The van der Waals surface area contributed by atoms with Gasteiger partial charge < -0.3 is 9.64 Å². The van der Waals surface area contributed by atoms with Crippen LogP contribution >= 0.6 is 23.2 Å². The lowest BCUT2D eigenvalue weighted by Gasteiger charge is -2.28. The molecule has 1 aliphatic heterocycles. The highest BCUT2D eigenvalue weighted by molar-refractivity contribution is 7.88. The Hall–Kier alpha value is -1.02. The molecule has 1 atom stereocenters. The molecule has 2 rings (SSSR count). The summed E-state index contributed by atoms with van der Waals surface area (Å²) < 4.78 is 32.7. The van der Waals surface area contributed by atoms with Crippen molar-refractivity contribution in [1.82, 2.24) is 9.62 Å². The number of benzene rings is 1. The molecule has 1 aliphatic rings. The minimum absolute atomic E-state index is 0.139. The highest BCUT2D eigenvalue weighted by Crippen LogP contribution is 2.23. The maximum absolute atomic E-state index is 12.4. The molecule has 1 unspecified atom stereocenters. The molecule has 1 amide bonds. The average molecular weight is 423 g/mol. The molecule has 1 aromatic carbocycles. The number of hydrogen-bond acceptors (Lipinski definition) is 4. The van der Waals surface area contributed by atoms with Crippen molar-refractivity contribution < 1.29 is 17.9 Å². The summed E-state index contributed by atoms with van der Waals surface area (Å²) in [5, 5.41) is 0.766. The van der Waals surface area contributed by atoms with E-state index in [1.54, 1.807) is 37.8 Å². The van der Waals surface area contributed by atoms with E-state index in [9.17, 15) is 13.2 Å². The van der Waals surface area contributed by atoms with Gasteiger partial charge in [-0.05, 0) is 57.4 Å². The van der Waals surface area contributed by atoms with Gasteiger partial charge in [0.05, 0.1) is 5.75 Å². The molecule has 0 aromatic heterocycles. The maximum atomic E-state index is 12.4. The summed E-state index contributed by atoms with van der Waals surface area (Å²) in [6.07, 6.45) is 1.11. The fourth-order valence-corrected chi connectivity index (χ4v) is 4.40. The Labute approximate surface area is 164 Å². The van der Waals surface area contributed by atoms with Crippen LogP contribution in [0.3, 0.4) is 0 Å². The Morgan fingerprint density at radius 3 is 2.69 bits per heavy atom. The van der Waals surface area contributed by atoms with Gasteiger partial charge in [-0.3, -0.25) is 0 Å².